The maximum atomic E-state index is 12.2. The zero-order valence-electron chi connectivity index (χ0n) is 16.2. The lowest BCUT2D eigenvalue weighted by atomic mass is 10.1. The van der Waals surface area contributed by atoms with Gasteiger partial charge in [-0.2, -0.15) is 0 Å². The Morgan fingerprint density at radius 2 is 1.83 bits per heavy atom. The van der Waals surface area contributed by atoms with Crippen molar-refractivity contribution in [3.8, 4) is 0 Å². The SMILES string of the molecule is CCCCCC/C=C/C=C/CC[C@H]1CCCN1C(=O)OC(C)(C)C. The molecule has 1 aliphatic rings. The largest absolute Gasteiger partial charge is 0.444 e. The smallest absolute Gasteiger partial charge is 0.410 e. The zero-order chi connectivity index (χ0) is 17.8. The topological polar surface area (TPSA) is 29.5 Å². The standard InChI is InChI=1S/C21H37NO2/c1-5-6-7-8-9-10-11-12-13-14-16-19-17-15-18-22(19)20(23)24-21(2,3)4/h10-13,19H,5-9,14-18H2,1-4H3/b11-10+,13-12+/t19-/m0/s1. The Bertz CT molecular complexity index is 407. The minimum absolute atomic E-state index is 0.152. The molecule has 138 valence electrons. The molecule has 1 fully saturated rings. The van der Waals surface area contributed by atoms with Crippen molar-refractivity contribution in [1.29, 1.82) is 0 Å². The molecule has 0 aromatic rings. The second-order valence-electron chi connectivity index (χ2n) is 7.75. The monoisotopic (exact) mass is 335 g/mol. The molecule has 1 rings (SSSR count). The van der Waals surface area contributed by atoms with Crippen molar-refractivity contribution >= 4 is 6.09 Å². The second-order valence-corrected chi connectivity index (χ2v) is 7.75. The summed E-state index contributed by atoms with van der Waals surface area (Å²) in [6.07, 6.45) is 19.3. The highest BCUT2D eigenvalue weighted by molar-refractivity contribution is 5.68. The van der Waals surface area contributed by atoms with Gasteiger partial charge in [0.15, 0.2) is 0 Å². The third-order valence-corrected chi connectivity index (χ3v) is 4.28. The summed E-state index contributed by atoms with van der Waals surface area (Å²) in [6, 6.07) is 0.336. The Labute approximate surface area is 149 Å². The lowest BCUT2D eigenvalue weighted by Gasteiger charge is -2.28. The number of carbonyl (C=O) groups is 1. The van der Waals surface area contributed by atoms with Crippen molar-refractivity contribution in [2.45, 2.75) is 97.1 Å². The molecule has 1 heterocycles. The minimum atomic E-state index is -0.411. The van der Waals surface area contributed by atoms with Gasteiger partial charge in [-0.25, -0.2) is 4.79 Å². The van der Waals surface area contributed by atoms with Crippen molar-refractivity contribution in [3.63, 3.8) is 0 Å². The lowest BCUT2D eigenvalue weighted by molar-refractivity contribution is 0.0221. The summed E-state index contributed by atoms with van der Waals surface area (Å²) in [5.41, 5.74) is -0.411. The van der Waals surface area contributed by atoms with Gasteiger partial charge in [-0.15, -0.1) is 0 Å². The number of unbranched alkanes of at least 4 members (excludes halogenated alkanes) is 4. The Hall–Kier alpha value is -1.25. The van der Waals surface area contributed by atoms with Gasteiger partial charge in [0.25, 0.3) is 0 Å². The highest BCUT2D eigenvalue weighted by Gasteiger charge is 2.31. The summed E-state index contributed by atoms with van der Waals surface area (Å²) in [7, 11) is 0. The van der Waals surface area contributed by atoms with Crippen molar-refractivity contribution in [2.75, 3.05) is 6.54 Å². The van der Waals surface area contributed by atoms with Crippen LogP contribution in [0.2, 0.25) is 0 Å². The number of ether oxygens (including phenoxy) is 1. The van der Waals surface area contributed by atoms with Gasteiger partial charge in [-0.3, -0.25) is 0 Å². The average molecular weight is 336 g/mol. The van der Waals surface area contributed by atoms with Crippen molar-refractivity contribution in [2.24, 2.45) is 0 Å². The molecule has 0 spiro atoms. The van der Waals surface area contributed by atoms with Gasteiger partial charge in [-0.1, -0.05) is 50.5 Å². The van der Waals surface area contributed by atoms with Crippen LogP contribution in [0.1, 0.15) is 85.5 Å². The molecule has 1 atom stereocenters. The van der Waals surface area contributed by atoms with E-state index in [0.29, 0.717) is 6.04 Å². The van der Waals surface area contributed by atoms with Gasteiger partial charge in [0, 0.05) is 12.6 Å². The predicted octanol–water partition coefficient (Wildman–Crippen LogP) is 6.25. The molecule has 0 N–H and O–H groups in total. The van der Waals surface area contributed by atoms with Crippen LogP contribution in [-0.2, 0) is 4.74 Å². The lowest BCUT2D eigenvalue weighted by Crippen LogP contribution is -2.39. The maximum absolute atomic E-state index is 12.2. The first-order valence-electron chi connectivity index (χ1n) is 9.75. The third kappa shape index (κ3) is 9.14. The molecule has 24 heavy (non-hydrogen) atoms. The fourth-order valence-electron chi connectivity index (χ4n) is 3.02. The summed E-state index contributed by atoms with van der Waals surface area (Å²) >= 11 is 0. The number of nitrogens with zero attached hydrogens (tertiary/aromatic N) is 1. The number of amides is 1. The van der Waals surface area contributed by atoms with Crippen molar-refractivity contribution in [3.05, 3.63) is 24.3 Å². The van der Waals surface area contributed by atoms with Gasteiger partial charge >= 0.3 is 6.09 Å². The molecular weight excluding hydrogens is 298 g/mol. The summed E-state index contributed by atoms with van der Waals surface area (Å²) < 4.78 is 5.51. The fraction of sp³-hybridized carbons (Fsp3) is 0.762. The van der Waals surface area contributed by atoms with Gasteiger partial charge in [0.2, 0.25) is 0 Å². The fourth-order valence-corrected chi connectivity index (χ4v) is 3.02. The van der Waals surface area contributed by atoms with Crippen LogP contribution in [0.25, 0.3) is 0 Å². The molecule has 1 aliphatic heterocycles. The minimum Gasteiger partial charge on any atom is -0.444 e. The van der Waals surface area contributed by atoms with E-state index in [1.165, 1.54) is 32.1 Å². The van der Waals surface area contributed by atoms with Gasteiger partial charge < -0.3 is 9.64 Å². The van der Waals surface area contributed by atoms with E-state index in [1.807, 2.05) is 25.7 Å². The summed E-state index contributed by atoms with van der Waals surface area (Å²) in [4.78, 5) is 14.1. The normalized spacial score (nSPS) is 18.8. The predicted molar refractivity (Wildman–Crippen MR) is 102 cm³/mol. The van der Waals surface area contributed by atoms with Gasteiger partial charge in [0.05, 0.1) is 0 Å². The van der Waals surface area contributed by atoms with Crippen LogP contribution >= 0.6 is 0 Å². The Balaban J connectivity index is 2.22. The molecule has 1 saturated heterocycles. The van der Waals surface area contributed by atoms with E-state index in [4.69, 9.17) is 4.74 Å². The molecule has 0 unspecified atom stereocenters. The number of rotatable bonds is 9. The van der Waals surface area contributed by atoms with Gasteiger partial charge in [-0.05, 0) is 59.3 Å². The molecule has 3 heteroatoms. The second kappa shape index (κ2) is 11.3. The van der Waals surface area contributed by atoms with Crippen LogP contribution < -0.4 is 0 Å². The summed E-state index contributed by atoms with van der Waals surface area (Å²) in [5, 5.41) is 0. The van der Waals surface area contributed by atoms with Gasteiger partial charge in [0.1, 0.15) is 5.60 Å². The van der Waals surface area contributed by atoms with Crippen LogP contribution in [0.15, 0.2) is 24.3 Å². The van der Waals surface area contributed by atoms with Crippen LogP contribution in [0.3, 0.4) is 0 Å². The van der Waals surface area contributed by atoms with E-state index < -0.39 is 5.60 Å². The first-order valence-corrected chi connectivity index (χ1v) is 9.75. The summed E-state index contributed by atoms with van der Waals surface area (Å²) in [5.74, 6) is 0. The highest BCUT2D eigenvalue weighted by Crippen LogP contribution is 2.24. The van der Waals surface area contributed by atoms with E-state index in [0.717, 1.165) is 32.2 Å². The number of allylic oxidation sites excluding steroid dienone is 4. The van der Waals surface area contributed by atoms with E-state index in [2.05, 4.69) is 31.2 Å². The van der Waals surface area contributed by atoms with E-state index in [9.17, 15) is 4.79 Å². The van der Waals surface area contributed by atoms with E-state index >= 15 is 0 Å². The van der Waals surface area contributed by atoms with Crippen LogP contribution in [0.4, 0.5) is 4.79 Å². The van der Waals surface area contributed by atoms with E-state index in [1.54, 1.807) is 0 Å². The molecule has 0 saturated carbocycles. The van der Waals surface area contributed by atoms with Crippen LogP contribution in [0.5, 0.6) is 0 Å². The number of hydrogen-bond donors (Lipinski definition) is 0. The molecule has 0 aromatic heterocycles. The highest BCUT2D eigenvalue weighted by atomic mass is 16.6. The molecule has 0 aliphatic carbocycles. The molecular formula is C21H37NO2. The quantitative estimate of drug-likeness (QED) is 0.368. The maximum Gasteiger partial charge on any atom is 0.410 e. The Morgan fingerprint density at radius 3 is 2.50 bits per heavy atom. The molecule has 0 radical (unpaired) electrons. The van der Waals surface area contributed by atoms with Crippen LogP contribution in [0, 0.1) is 0 Å². The van der Waals surface area contributed by atoms with Crippen molar-refractivity contribution in [1.82, 2.24) is 4.90 Å². The Morgan fingerprint density at radius 1 is 1.12 bits per heavy atom. The number of likely N-dealkylation sites (tertiary alicyclic amines) is 1. The van der Waals surface area contributed by atoms with Crippen molar-refractivity contribution < 1.29 is 9.53 Å². The third-order valence-electron chi connectivity index (χ3n) is 4.28. The first kappa shape index (κ1) is 20.8. The Kier molecular flexibility index (Phi) is 9.82. The van der Waals surface area contributed by atoms with Crippen LogP contribution in [-0.4, -0.2) is 29.2 Å². The molecule has 0 bridgehead atoms. The molecule has 1 amide bonds. The first-order chi connectivity index (χ1) is 11.4. The van der Waals surface area contributed by atoms with E-state index in [-0.39, 0.29) is 6.09 Å². The average Bonchev–Trinajstić information content (AvgIpc) is 2.96. The summed E-state index contributed by atoms with van der Waals surface area (Å²) in [6.45, 7) is 8.85. The number of carbonyl (C=O) groups excluding carboxylic acids is 1. The zero-order valence-corrected chi connectivity index (χ0v) is 16.2. The molecule has 0 aromatic carbocycles. The number of hydrogen-bond acceptors (Lipinski definition) is 2. The molecule has 3 nitrogen and oxygen atoms in total.